The van der Waals surface area contributed by atoms with E-state index in [1.54, 1.807) is 0 Å². The summed E-state index contributed by atoms with van der Waals surface area (Å²) in [5.41, 5.74) is 23.7. The van der Waals surface area contributed by atoms with Crippen LogP contribution < -0.4 is 0 Å². The first-order valence-electron chi connectivity index (χ1n) is 49.5. The van der Waals surface area contributed by atoms with Gasteiger partial charge in [0.2, 0.25) is 0 Å². The summed E-state index contributed by atoms with van der Waals surface area (Å²) in [5, 5.41) is 22.8. The molecule has 0 amide bonds. The van der Waals surface area contributed by atoms with Crippen LogP contribution in [-0.2, 0) is 0 Å². The summed E-state index contributed by atoms with van der Waals surface area (Å²) in [6, 6.07) is 169. The monoisotopic (exact) mass is 1890 g/mol. The minimum absolute atomic E-state index is 0.579. The maximum Gasteiger partial charge on any atom is 0.164 e. The molecule has 13 heteroatoms. The van der Waals surface area contributed by atoms with Crippen molar-refractivity contribution in [2.45, 2.75) is 0 Å². The fourth-order valence-corrected chi connectivity index (χ4v) is 21.1. The van der Waals surface area contributed by atoms with E-state index in [1.165, 1.54) is 48.7 Å². The van der Waals surface area contributed by atoms with Crippen LogP contribution >= 0.6 is 0 Å². The quantitative estimate of drug-likeness (QED) is 0.100. The van der Waals surface area contributed by atoms with Gasteiger partial charge in [0, 0.05) is 126 Å². The Morgan fingerprint density at radius 3 is 0.682 bits per heavy atom. The van der Waals surface area contributed by atoms with Gasteiger partial charge in [0.15, 0.2) is 52.4 Å². The lowest BCUT2D eigenvalue weighted by Crippen LogP contribution is -2.00. The first-order chi connectivity index (χ1) is 73.3. The van der Waals surface area contributed by atoms with E-state index >= 15 is 0 Å². The number of aromatic nitrogens is 9. The summed E-state index contributed by atoms with van der Waals surface area (Å²) in [5.74, 6) is 5.55. The van der Waals surface area contributed by atoms with Gasteiger partial charge in [0.25, 0.3) is 0 Å². The molecular formula is C135H81N9O4. The molecule has 0 aliphatic carbocycles. The molecule has 0 N–H and O–H groups in total. The second-order valence-electron chi connectivity index (χ2n) is 37.2. The molecule has 0 saturated heterocycles. The average Bonchev–Trinajstić information content (AvgIpc) is 1.56. The van der Waals surface area contributed by atoms with Crippen LogP contribution in [0.1, 0.15) is 0 Å². The van der Waals surface area contributed by atoms with E-state index in [1.807, 2.05) is 152 Å². The Morgan fingerprint density at radius 1 is 0.115 bits per heavy atom. The molecular weight excluding hydrogens is 1810 g/mol. The molecule has 148 heavy (non-hydrogen) atoms. The lowest BCUT2D eigenvalue weighted by Gasteiger charge is -2.10. The predicted molar refractivity (Wildman–Crippen MR) is 604 cm³/mol. The fourth-order valence-electron chi connectivity index (χ4n) is 21.1. The Kier molecular flexibility index (Phi) is 20.9. The molecule has 23 aromatic carbocycles. The third-order valence-corrected chi connectivity index (χ3v) is 28.3. The lowest BCUT2D eigenvalue weighted by molar-refractivity contribution is 0.669. The number of rotatable bonds is 13. The van der Waals surface area contributed by atoms with Crippen LogP contribution in [0, 0.1) is 0 Å². The third-order valence-electron chi connectivity index (χ3n) is 28.3. The second-order valence-corrected chi connectivity index (χ2v) is 37.2. The SMILES string of the molecule is c1ccc(-c2ccc(-c3nc(-c4ccccc4)nc(-c4cccc(-c5cccc6c5oc5c6ccc6ccc7ccccc7c65)c4)n3)cc2)cc1.c1ccc(-c2nc(-c3cccc(-c4cccc5c4oc4c5ccc5ccc6ccccc6c54)c3)nc(-c3ccc4c(c3)oc3ccccc34)n2)cc1.c1ccc(-c2nc(-c3ccccc3)nc(-c3cccc(-c4cccc5c4oc4c5ccc5ccc6ccccc6c54)c3)n2)cc1. The van der Waals surface area contributed by atoms with Crippen molar-refractivity contribution in [1.82, 2.24) is 44.9 Å². The third kappa shape index (κ3) is 15.4. The number of para-hydroxylation sites is 4. The Hall–Kier alpha value is -20.2. The van der Waals surface area contributed by atoms with Crippen LogP contribution in [-0.4, -0.2) is 44.9 Å². The van der Waals surface area contributed by atoms with E-state index in [4.69, 9.17) is 62.5 Å². The highest BCUT2D eigenvalue weighted by Crippen LogP contribution is 2.48. The second kappa shape index (κ2) is 36.1. The molecule has 30 aromatic rings. The Bertz CT molecular complexity index is 10500. The van der Waals surface area contributed by atoms with Crippen LogP contribution in [0.2, 0.25) is 0 Å². The molecule has 690 valence electrons. The van der Waals surface area contributed by atoms with Crippen molar-refractivity contribution in [2.75, 3.05) is 0 Å². The van der Waals surface area contributed by atoms with Crippen molar-refractivity contribution in [2.24, 2.45) is 0 Å². The van der Waals surface area contributed by atoms with Gasteiger partial charge in [-0.2, -0.15) is 0 Å². The summed E-state index contributed by atoms with van der Waals surface area (Å²) < 4.78 is 26.8. The Labute approximate surface area is 847 Å². The van der Waals surface area contributed by atoms with E-state index in [0.717, 1.165) is 198 Å². The normalized spacial score (nSPS) is 11.6. The van der Waals surface area contributed by atoms with Crippen molar-refractivity contribution in [3.63, 3.8) is 0 Å². The number of benzene rings is 23. The molecule has 0 unspecified atom stereocenters. The molecule has 0 saturated carbocycles. The smallest absolute Gasteiger partial charge is 0.164 e. The van der Waals surface area contributed by atoms with E-state index in [0.29, 0.717) is 52.4 Å². The molecule has 30 rings (SSSR count). The number of hydrogen-bond acceptors (Lipinski definition) is 13. The number of furan rings is 4. The molecule has 7 aromatic heterocycles. The topological polar surface area (TPSA) is 169 Å². The zero-order chi connectivity index (χ0) is 97.6. The minimum atomic E-state index is 0.579. The van der Waals surface area contributed by atoms with Crippen LogP contribution in [0.15, 0.2) is 509 Å². The number of fused-ring (bicyclic) bond motifs is 24. The summed E-state index contributed by atoms with van der Waals surface area (Å²) in [7, 11) is 0. The van der Waals surface area contributed by atoms with E-state index in [9.17, 15) is 0 Å². The average molecular weight is 1890 g/mol. The van der Waals surface area contributed by atoms with Crippen LogP contribution in [0.25, 0.3) is 299 Å². The van der Waals surface area contributed by atoms with Crippen LogP contribution in [0.5, 0.6) is 0 Å². The van der Waals surface area contributed by atoms with Gasteiger partial charge in [-0.25, -0.2) is 44.9 Å². The highest BCUT2D eigenvalue weighted by Gasteiger charge is 2.25. The summed E-state index contributed by atoms with van der Waals surface area (Å²) in [6.45, 7) is 0. The highest BCUT2D eigenvalue weighted by molar-refractivity contribution is 6.27. The van der Waals surface area contributed by atoms with Crippen LogP contribution in [0.4, 0.5) is 0 Å². The zero-order valence-corrected chi connectivity index (χ0v) is 79.4. The Morgan fingerprint density at radius 2 is 0.331 bits per heavy atom. The van der Waals surface area contributed by atoms with Gasteiger partial charge in [-0.3, -0.25) is 0 Å². The minimum Gasteiger partial charge on any atom is -0.456 e. The number of nitrogens with zero attached hydrogens (tertiary/aromatic N) is 9. The van der Waals surface area contributed by atoms with Gasteiger partial charge in [-0.1, -0.05) is 437 Å². The maximum atomic E-state index is 6.87. The summed E-state index contributed by atoms with van der Waals surface area (Å²) in [6.07, 6.45) is 0. The maximum absolute atomic E-state index is 6.87. The number of hydrogen-bond donors (Lipinski definition) is 0. The van der Waals surface area contributed by atoms with Gasteiger partial charge >= 0.3 is 0 Å². The standard InChI is InChI=1S/C47H27N3O2.C47H29N3O.C41H25N3O/c1-2-11-30(12-3-1)45-48-46(50-47(49-45)33-23-24-37-36-16-6-7-19-40(36)51-41(37)27-33)32-14-8-13-31(26-32)35-17-9-18-38-39-25-22-29-21-20-28-10-4-5-15-34(28)42(29)44(39)52-43(35)38;1-3-11-30(12-4-1)31-21-25-35(26-22-31)46-48-45(34-14-5-2-6-15-34)49-47(50-46)37-17-9-16-36(29-37)39-19-10-20-40-41-28-27-33-24-23-32-13-7-8-18-38(32)42(33)44(41)51-43(39)40;1-3-12-28(13-4-1)39-42-40(29-14-5-2-6-15-29)44-41(43-39)31-17-9-16-30(25-31)33-19-10-20-34-35-24-23-27-22-21-26-11-7-8-18-32(26)36(27)38(35)45-37(33)34/h1-27H;1-29H;1-25H. The molecule has 0 aliphatic rings. The van der Waals surface area contributed by atoms with Gasteiger partial charge in [0.1, 0.15) is 44.7 Å². The first kappa shape index (κ1) is 85.8. The largest absolute Gasteiger partial charge is 0.456 e. The van der Waals surface area contributed by atoms with Gasteiger partial charge in [0.05, 0.1) is 0 Å². The van der Waals surface area contributed by atoms with Crippen molar-refractivity contribution in [3.8, 4) is 147 Å². The van der Waals surface area contributed by atoms with Crippen molar-refractivity contribution >= 4 is 152 Å². The van der Waals surface area contributed by atoms with Crippen molar-refractivity contribution in [3.05, 3.63) is 491 Å². The van der Waals surface area contributed by atoms with Crippen molar-refractivity contribution in [1.29, 1.82) is 0 Å². The highest BCUT2D eigenvalue weighted by atomic mass is 16.3. The molecule has 0 aliphatic heterocycles. The summed E-state index contributed by atoms with van der Waals surface area (Å²) >= 11 is 0. The van der Waals surface area contributed by atoms with Crippen molar-refractivity contribution < 1.29 is 17.7 Å². The van der Waals surface area contributed by atoms with E-state index in [2.05, 4.69) is 340 Å². The molecule has 0 radical (unpaired) electrons. The lowest BCUT2D eigenvalue weighted by atomic mass is 9.98. The predicted octanol–water partition coefficient (Wildman–Crippen LogP) is 35.8. The van der Waals surface area contributed by atoms with Gasteiger partial charge in [-0.15, -0.1) is 0 Å². The summed E-state index contributed by atoms with van der Waals surface area (Å²) in [4.78, 5) is 44.8. The van der Waals surface area contributed by atoms with E-state index in [-0.39, 0.29) is 0 Å². The first-order valence-corrected chi connectivity index (χ1v) is 49.5. The van der Waals surface area contributed by atoms with Gasteiger partial charge < -0.3 is 17.7 Å². The van der Waals surface area contributed by atoms with Crippen LogP contribution in [0.3, 0.4) is 0 Å². The molecule has 0 fully saturated rings. The fraction of sp³-hybridized carbons (Fsp3) is 0. The molecule has 0 atom stereocenters. The molecule has 0 bridgehead atoms. The Balaban J connectivity index is 0.000000107. The molecule has 13 nitrogen and oxygen atoms in total. The van der Waals surface area contributed by atoms with E-state index < -0.39 is 0 Å². The molecule has 0 spiro atoms. The van der Waals surface area contributed by atoms with Gasteiger partial charge in [-0.05, 0) is 131 Å². The molecule has 7 heterocycles. The zero-order valence-electron chi connectivity index (χ0n) is 79.4.